The Kier molecular flexibility index (Phi) is 7.90. The van der Waals surface area contributed by atoms with Gasteiger partial charge in [-0.2, -0.15) is 5.26 Å². The predicted molar refractivity (Wildman–Crippen MR) is 132 cm³/mol. The lowest BCUT2D eigenvalue weighted by Gasteiger charge is -2.31. The third-order valence-electron chi connectivity index (χ3n) is 5.91. The number of thiazole rings is 1. The molecule has 0 aliphatic carbocycles. The second-order valence-electron chi connectivity index (χ2n) is 8.39. The maximum absolute atomic E-state index is 13.5. The van der Waals surface area contributed by atoms with Crippen molar-refractivity contribution in [1.29, 1.82) is 5.26 Å². The summed E-state index contributed by atoms with van der Waals surface area (Å²) in [7, 11) is 0. The zero-order chi connectivity index (χ0) is 24.8. The first kappa shape index (κ1) is 24.6. The topological polar surface area (TPSA) is 117 Å². The fraction of sp³-hybridized carbons (Fsp3) is 0.360. The van der Waals surface area contributed by atoms with Crippen LogP contribution in [0.15, 0.2) is 36.5 Å². The van der Waals surface area contributed by atoms with Crippen molar-refractivity contribution in [2.75, 3.05) is 32.0 Å². The number of nitrogens with one attached hydrogen (secondary N) is 1. The molecular formula is C25H27FN6O2S. The van der Waals surface area contributed by atoms with Gasteiger partial charge < -0.3 is 15.8 Å². The maximum Gasteiger partial charge on any atom is 0.270 e. The SMILES string of the molecule is CCOc1nc(C(=O)NCC2CCN(Cc3cnc(-c4cccc(F)c4)s3)CC2)cc(N)c1C#N. The van der Waals surface area contributed by atoms with Crippen molar-refractivity contribution in [3.63, 3.8) is 0 Å². The number of carbonyl (C=O) groups excluding carboxylic acids is 1. The summed E-state index contributed by atoms with van der Waals surface area (Å²) < 4.78 is 18.9. The standard InChI is InChI=1S/C25H27FN6O2S/c1-2-34-24-20(12-27)21(28)11-22(31-24)23(33)29-13-16-6-8-32(9-7-16)15-19-14-30-25(35-19)17-4-3-5-18(26)10-17/h3-5,10-11,14,16H,2,6-9,13,15H2,1H3,(H2,28,31)(H,29,33). The van der Waals surface area contributed by atoms with Gasteiger partial charge in [-0.3, -0.25) is 9.69 Å². The van der Waals surface area contributed by atoms with E-state index in [0.717, 1.165) is 47.9 Å². The Morgan fingerprint density at radius 1 is 1.37 bits per heavy atom. The molecule has 1 amide bonds. The quantitative estimate of drug-likeness (QED) is 0.489. The smallest absolute Gasteiger partial charge is 0.270 e. The number of likely N-dealkylation sites (tertiary alicyclic amines) is 1. The molecule has 3 aromatic rings. The van der Waals surface area contributed by atoms with Crippen molar-refractivity contribution in [2.45, 2.75) is 26.3 Å². The number of halogens is 1. The van der Waals surface area contributed by atoms with E-state index in [4.69, 9.17) is 10.5 Å². The Labute approximate surface area is 207 Å². The number of anilines is 1. The molecule has 4 rings (SSSR count). The summed E-state index contributed by atoms with van der Waals surface area (Å²) in [5, 5.41) is 13.0. The van der Waals surface area contributed by atoms with Gasteiger partial charge in [0.05, 0.1) is 12.3 Å². The Balaban J connectivity index is 1.26. The minimum absolute atomic E-state index is 0.0806. The number of piperidine rings is 1. The van der Waals surface area contributed by atoms with E-state index >= 15 is 0 Å². The van der Waals surface area contributed by atoms with Crippen molar-refractivity contribution in [1.82, 2.24) is 20.2 Å². The van der Waals surface area contributed by atoms with E-state index in [1.165, 1.54) is 18.2 Å². The van der Waals surface area contributed by atoms with Crippen LogP contribution in [0.1, 0.15) is 40.7 Å². The number of pyridine rings is 1. The summed E-state index contributed by atoms with van der Waals surface area (Å²) in [6.07, 6.45) is 3.79. The van der Waals surface area contributed by atoms with Crippen LogP contribution in [-0.2, 0) is 6.54 Å². The van der Waals surface area contributed by atoms with E-state index in [1.807, 2.05) is 18.3 Å². The lowest BCUT2D eigenvalue weighted by Crippen LogP contribution is -2.38. The van der Waals surface area contributed by atoms with Gasteiger partial charge in [-0.15, -0.1) is 11.3 Å². The van der Waals surface area contributed by atoms with E-state index in [9.17, 15) is 14.4 Å². The van der Waals surface area contributed by atoms with Crippen molar-refractivity contribution in [3.8, 4) is 22.5 Å². The summed E-state index contributed by atoms with van der Waals surface area (Å²) in [4.78, 5) is 24.8. The lowest BCUT2D eigenvalue weighted by molar-refractivity contribution is 0.0929. The van der Waals surface area contributed by atoms with Crippen molar-refractivity contribution >= 4 is 22.9 Å². The lowest BCUT2D eigenvalue weighted by atomic mass is 9.96. The van der Waals surface area contributed by atoms with Gasteiger partial charge in [0, 0.05) is 29.7 Å². The molecule has 1 aliphatic rings. The summed E-state index contributed by atoms with van der Waals surface area (Å²) >= 11 is 1.59. The van der Waals surface area contributed by atoms with Gasteiger partial charge in [-0.25, -0.2) is 14.4 Å². The Morgan fingerprint density at radius 3 is 2.89 bits per heavy atom. The summed E-state index contributed by atoms with van der Waals surface area (Å²) in [6.45, 7) is 5.28. The number of nitrogen functional groups attached to an aromatic ring is 1. The van der Waals surface area contributed by atoms with Crippen LogP contribution in [0.5, 0.6) is 5.88 Å². The van der Waals surface area contributed by atoms with E-state index < -0.39 is 0 Å². The van der Waals surface area contributed by atoms with E-state index in [0.29, 0.717) is 19.1 Å². The highest BCUT2D eigenvalue weighted by molar-refractivity contribution is 7.15. The average molecular weight is 495 g/mol. The van der Waals surface area contributed by atoms with Crippen molar-refractivity contribution in [2.24, 2.45) is 5.92 Å². The molecule has 0 saturated carbocycles. The van der Waals surface area contributed by atoms with Crippen LogP contribution in [-0.4, -0.2) is 47.0 Å². The predicted octanol–water partition coefficient (Wildman–Crippen LogP) is 3.84. The molecule has 0 radical (unpaired) electrons. The highest BCUT2D eigenvalue weighted by atomic mass is 32.1. The number of ether oxygens (including phenoxy) is 1. The van der Waals surface area contributed by atoms with Crippen LogP contribution in [0, 0.1) is 23.1 Å². The molecule has 0 bridgehead atoms. The first-order chi connectivity index (χ1) is 17.0. The molecule has 0 atom stereocenters. The van der Waals surface area contributed by atoms with Crippen LogP contribution in [0.2, 0.25) is 0 Å². The molecule has 3 heterocycles. The second-order valence-corrected chi connectivity index (χ2v) is 9.51. The average Bonchev–Trinajstić information content (AvgIpc) is 3.32. The number of carbonyl (C=O) groups is 1. The molecule has 1 fully saturated rings. The number of nitrogens with zero attached hydrogens (tertiary/aromatic N) is 4. The maximum atomic E-state index is 13.5. The fourth-order valence-corrected chi connectivity index (χ4v) is 4.99. The molecule has 10 heteroatoms. The van der Waals surface area contributed by atoms with Gasteiger partial charge in [0.15, 0.2) is 0 Å². The molecule has 3 N–H and O–H groups in total. The van der Waals surface area contributed by atoms with E-state index in [-0.39, 0.29) is 34.5 Å². The van der Waals surface area contributed by atoms with Gasteiger partial charge in [-0.1, -0.05) is 12.1 Å². The van der Waals surface area contributed by atoms with Crippen LogP contribution in [0.3, 0.4) is 0 Å². The number of hydrogen-bond acceptors (Lipinski definition) is 8. The Hall–Kier alpha value is -3.55. The molecule has 0 unspecified atom stereocenters. The molecular weight excluding hydrogens is 467 g/mol. The summed E-state index contributed by atoms with van der Waals surface area (Å²) in [6, 6.07) is 9.86. The molecule has 1 aromatic carbocycles. The number of amides is 1. The third kappa shape index (κ3) is 6.12. The highest BCUT2D eigenvalue weighted by Gasteiger charge is 2.22. The summed E-state index contributed by atoms with van der Waals surface area (Å²) in [5.74, 6) is -0.153. The number of hydrogen-bond donors (Lipinski definition) is 2. The molecule has 1 saturated heterocycles. The number of nitrogens with two attached hydrogens (primary N) is 1. The van der Waals surface area contributed by atoms with Gasteiger partial charge in [-0.05, 0) is 57.0 Å². The van der Waals surface area contributed by atoms with Gasteiger partial charge in [0.2, 0.25) is 5.88 Å². The van der Waals surface area contributed by atoms with E-state index in [1.54, 1.807) is 24.3 Å². The van der Waals surface area contributed by atoms with Crippen LogP contribution >= 0.6 is 11.3 Å². The third-order valence-corrected chi connectivity index (χ3v) is 6.94. The molecule has 2 aromatic heterocycles. The number of benzene rings is 1. The van der Waals surface area contributed by atoms with Crippen molar-refractivity contribution in [3.05, 3.63) is 58.5 Å². The number of aromatic nitrogens is 2. The molecule has 8 nitrogen and oxygen atoms in total. The first-order valence-corrected chi connectivity index (χ1v) is 12.3. The molecule has 0 spiro atoms. The molecule has 1 aliphatic heterocycles. The van der Waals surface area contributed by atoms with Crippen LogP contribution < -0.4 is 15.8 Å². The minimum atomic E-state index is -0.334. The largest absolute Gasteiger partial charge is 0.477 e. The monoisotopic (exact) mass is 494 g/mol. The Morgan fingerprint density at radius 2 is 2.17 bits per heavy atom. The zero-order valence-electron chi connectivity index (χ0n) is 19.5. The number of nitriles is 1. The molecule has 35 heavy (non-hydrogen) atoms. The second kappa shape index (κ2) is 11.3. The zero-order valence-corrected chi connectivity index (χ0v) is 20.3. The first-order valence-electron chi connectivity index (χ1n) is 11.5. The fourth-order valence-electron chi connectivity index (χ4n) is 4.04. The normalized spacial score (nSPS) is 14.4. The van der Waals surface area contributed by atoms with Crippen LogP contribution in [0.4, 0.5) is 10.1 Å². The molecule has 182 valence electrons. The number of rotatable bonds is 8. The summed E-state index contributed by atoms with van der Waals surface area (Å²) in [5.41, 5.74) is 7.16. The minimum Gasteiger partial charge on any atom is -0.477 e. The Bertz CT molecular complexity index is 1230. The van der Waals surface area contributed by atoms with Crippen LogP contribution in [0.25, 0.3) is 10.6 Å². The van der Waals surface area contributed by atoms with Gasteiger partial charge in [0.25, 0.3) is 5.91 Å². The van der Waals surface area contributed by atoms with E-state index in [2.05, 4.69) is 20.2 Å². The van der Waals surface area contributed by atoms with Crippen molar-refractivity contribution < 1.29 is 13.9 Å². The van der Waals surface area contributed by atoms with Gasteiger partial charge in [0.1, 0.15) is 28.2 Å². The highest BCUT2D eigenvalue weighted by Crippen LogP contribution is 2.28. The van der Waals surface area contributed by atoms with Gasteiger partial charge >= 0.3 is 0 Å².